The van der Waals surface area contributed by atoms with Gasteiger partial charge in [-0.1, -0.05) is 6.92 Å². The van der Waals surface area contributed by atoms with Crippen LogP contribution in [0.5, 0.6) is 11.5 Å². The number of rotatable bonds is 4. The molecule has 0 amide bonds. The molecule has 0 spiro atoms. The number of aromatic nitrogens is 2. The van der Waals surface area contributed by atoms with E-state index in [1.165, 1.54) is 0 Å². The normalized spacial score (nSPS) is 12.2. The lowest BCUT2D eigenvalue weighted by molar-refractivity contribution is 0.476. The Labute approximate surface area is 107 Å². The maximum atomic E-state index is 5.90. The molecule has 2 aromatic rings. The molecule has 0 unspecified atom stereocenters. The monoisotopic (exact) mass is 243 g/mol. The van der Waals surface area contributed by atoms with Crippen molar-refractivity contribution < 1.29 is 4.74 Å². The van der Waals surface area contributed by atoms with Crippen LogP contribution < -0.4 is 10.5 Å². The third kappa shape index (κ3) is 3.05. The van der Waals surface area contributed by atoms with E-state index < -0.39 is 0 Å². The van der Waals surface area contributed by atoms with Crippen molar-refractivity contribution in [3.8, 4) is 11.5 Å². The highest BCUT2D eigenvalue weighted by Crippen LogP contribution is 2.21. The number of ether oxygens (including phenoxy) is 1. The summed E-state index contributed by atoms with van der Waals surface area (Å²) in [6, 6.07) is 7.54. The summed E-state index contributed by atoms with van der Waals surface area (Å²) >= 11 is 0. The average Bonchev–Trinajstić information content (AvgIpc) is 2.41. The topological polar surface area (TPSA) is 61.0 Å². The van der Waals surface area contributed by atoms with E-state index in [4.69, 9.17) is 10.5 Å². The van der Waals surface area contributed by atoms with Gasteiger partial charge in [0.15, 0.2) is 0 Å². The summed E-state index contributed by atoms with van der Waals surface area (Å²) in [5.41, 5.74) is 7.74. The van der Waals surface area contributed by atoms with Crippen LogP contribution in [0.4, 0.5) is 0 Å². The van der Waals surface area contributed by atoms with Gasteiger partial charge in [0.2, 0.25) is 0 Å². The van der Waals surface area contributed by atoms with Crippen molar-refractivity contribution >= 4 is 0 Å². The van der Waals surface area contributed by atoms with E-state index in [1.54, 1.807) is 12.4 Å². The fourth-order valence-electron chi connectivity index (χ4n) is 1.53. The molecule has 0 aliphatic heterocycles. The standard InChI is InChI=1S/C14H17N3O/c1-3-13(15)14-7-6-12(9-17-14)18-11-5-4-10(2)16-8-11/h4-9,13H,3,15H2,1-2H3/t13-/m0/s1. The van der Waals surface area contributed by atoms with Crippen molar-refractivity contribution in [3.63, 3.8) is 0 Å². The summed E-state index contributed by atoms with van der Waals surface area (Å²) in [5.74, 6) is 1.39. The Morgan fingerprint density at radius 2 is 1.78 bits per heavy atom. The minimum absolute atomic E-state index is 0.0138. The van der Waals surface area contributed by atoms with Gasteiger partial charge >= 0.3 is 0 Å². The molecule has 4 heteroatoms. The molecule has 0 aliphatic rings. The minimum atomic E-state index is -0.0138. The predicted molar refractivity (Wildman–Crippen MR) is 70.5 cm³/mol. The van der Waals surface area contributed by atoms with Crippen LogP contribution in [0.15, 0.2) is 36.7 Å². The summed E-state index contributed by atoms with van der Waals surface area (Å²) in [6.45, 7) is 3.97. The summed E-state index contributed by atoms with van der Waals surface area (Å²) in [6.07, 6.45) is 4.25. The van der Waals surface area contributed by atoms with E-state index >= 15 is 0 Å². The van der Waals surface area contributed by atoms with Gasteiger partial charge in [0.1, 0.15) is 11.5 Å². The number of nitrogens with two attached hydrogens (primary N) is 1. The van der Waals surface area contributed by atoms with Crippen LogP contribution in [0.25, 0.3) is 0 Å². The maximum absolute atomic E-state index is 5.90. The van der Waals surface area contributed by atoms with Crippen molar-refractivity contribution in [2.45, 2.75) is 26.3 Å². The maximum Gasteiger partial charge on any atom is 0.145 e. The van der Waals surface area contributed by atoms with E-state index in [-0.39, 0.29) is 6.04 Å². The van der Waals surface area contributed by atoms with Gasteiger partial charge < -0.3 is 10.5 Å². The van der Waals surface area contributed by atoms with Crippen LogP contribution >= 0.6 is 0 Å². The van der Waals surface area contributed by atoms with Crippen LogP contribution in [-0.4, -0.2) is 9.97 Å². The molecule has 0 saturated carbocycles. The highest BCUT2D eigenvalue weighted by Gasteiger charge is 2.05. The van der Waals surface area contributed by atoms with Crippen LogP contribution in [-0.2, 0) is 0 Å². The lowest BCUT2D eigenvalue weighted by atomic mass is 10.1. The number of aryl methyl sites for hydroxylation is 1. The first-order valence-corrected chi connectivity index (χ1v) is 6.01. The number of nitrogens with zero attached hydrogens (tertiary/aromatic N) is 2. The molecule has 94 valence electrons. The molecule has 2 N–H and O–H groups in total. The van der Waals surface area contributed by atoms with E-state index in [1.807, 2.05) is 38.1 Å². The van der Waals surface area contributed by atoms with E-state index in [9.17, 15) is 0 Å². The summed E-state index contributed by atoms with van der Waals surface area (Å²) in [4.78, 5) is 8.46. The molecule has 4 nitrogen and oxygen atoms in total. The van der Waals surface area contributed by atoms with Crippen molar-refractivity contribution in [1.82, 2.24) is 9.97 Å². The molecule has 0 aromatic carbocycles. The lowest BCUT2D eigenvalue weighted by Crippen LogP contribution is -2.10. The molecule has 18 heavy (non-hydrogen) atoms. The molecular formula is C14H17N3O. The van der Waals surface area contributed by atoms with E-state index in [0.717, 1.165) is 17.8 Å². The van der Waals surface area contributed by atoms with Crippen molar-refractivity contribution in [1.29, 1.82) is 0 Å². The molecule has 0 fully saturated rings. The van der Waals surface area contributed by atoms with Crippen LogP contribution in [0.2, 0.25) is 0 Å². The molecule has 2 heterocycles. The van der Waals surface area contributed by atoms with Crippen molar-refractivity contribution in [2.75, 3.05) is 0 Å². The second kappa shape index (κ2) is 5.60. The highest BCUT2D eigenvalue weighted by atomic mass is 16.5. The molecular weight excluding hydrogens is 226 g/mol. The van der Waals surface area contributed by atoms with Gasteiger partial charge in [-0.05, 0) is 37.6 Å². The molecule has 0 radical (unpaired) electrons. The Morgan fingerprint density at radius 3 is 2.28 bits per heavy atom. The van der Waals surface area contributed by atoms with Crippen LogP contribution in [0.1, 0.15) is 30.8 Å². The Hall–Kier alpha value is -1.94. The van der Waals surface area contributed by atoms with Crippen LogP contribution in [0.3, 0.4) is 0 Å². The Morgan fingerprint density at radius 1 is 1.11 bits per heavy atom. The van der Waals surface area contributed by atoms with Gasteiger partial charge in [0, 0.05) is 11.7 Å². The second-order valence-electron chi connectivity index (χ2n) is 4.17. The van der Waals surface area contributed by atoms with E-state index in [0.29, 0.717) is 11.5 Å². The lowest BCUT2D eigenvalue weighted by Gasteiger charge is -2.09. The number of pyridine rings is 2. The first-order valence-electron chi connectivity index (χ1n) is 6.01. The zero-order valence-corrected chi connectivity index (χ0v) is 10.6. The summed E-state index contributed by atoms with van der Waals surface area (Å²) in [7, 11) is 0. The first-order chi connectivity index (χ1) is 8.69. The van der Waals surface area contributed by atoms with Crippen molar-refractivity contribution in [3.05, 3.63) is 48.0 Å². The fraction of sp³-hybridized carbons (Fsp3) is 0.286. The Bertz CT molecular complexity index is 493. The Balaban J connectivity index is 2.08. The zero-order valence-electron chi connectivity index (χ0n) is 10.6. The smallest absolute Gasteiger partial charge is 0.145 e. The SMILES string of the molecule is CC[C@H](N)c1ccc(Oc2ccc(C)nc2)cn1. The minimum Gasteiger partial charge on any atom is -0.454 e. The molecule has 2 aromatic heterocycles. The summed E-state index contributed by atoms with van der Waals surface area (Å²) in [5, 5.41) is 0. The third-order valence-corrected chi connectivity index (χ3v) is 2.70. The third-order valence-electron chi connectivity index (χ3n) is 2.70. The zero-order chi connectivity index (χ0) is 13.0. The molecule has 1 atom stereocenters. The van der Waals surface area contributed by atoms with Gasteiger partial charge in [-0.25, -0.2) is 0 Å². The van der Waals surface area contributed by atoms with Gasteiger partial charge in [-0.15, -0.1) is 0 Å². The molecule has 0 bridgehead atoms. The Kier molecular flexibility index (Phi) is 3.89. The summed E-state index contributed by atoms with van der Waals surface area (Å²) < 4.78 is 5.64. The number of hydrogen-bond donors (Lipinski definition) is 1. The molecule has 0 saturated heterocycles. The first kappa shape index (κ1) is 12.5. The second-order valence-corrected chi connectivity index (χ2v) is 4.17. The predicted octanol–water partition coefficient (Wildman–Crippen LogP) is 2.99. The van der Waals surface area contributed by atoms with Gasteiger partial charge in [-0.2, -0.15) is 0 Å². The van der Waals surface area contributed by atoms with Gasteiger partial charge in [-0.3, -0.25) is 9.97 Å². The van der Waals surface area contributed by atoms with Crippen LogP contribution in [0, 0.1) is 6.92 Å². The average molecular weight is 243 g/mol. The quantitative estimate of drug-likeness (QED) is 0.896. The fourth-order valence-corrected chi connectivity index (χ4v) is 1.53. The molecule has 2 rings (SSSR count). The highest BCUT2D eigenvalue weighted by molar-refractivity contribution is 5.29. The van der Waals surface area contributed by atoms with Crippen molar-refractivity contribution in [2.24, 2.45) is 5.73 Å². The van der Waals surface area contributed by atoms with E-state index in [2.05, 4.69) is 9.97 Å². The van der Waals surface area contributed by atoms with Gasteiger partial charge in [0.05, 0.1) is 18.1 Å². The van der Waals surface area contributed by atoms with Gasteiger partial charge in [0.25, 0.3) is 0 Å². The molecule has 0 aliphatic carbocycles. The largest absolute Gasteiger partial charge is 0.454 e. The number of hydrogen-bond acceptors (Lipinski definition) is 4.